The van der Waals surface area contributed by atoms with Crippen molar-refractivity contribution in [1.82, 2.24) is 0 Å². The Morgan fingerprint density at radius 3 is 2.56 bits per heavy atom. The van der Waals surface area contributed by atoms with Gasteiger partial charge in [-0.3, -0.25) is 4.79 Å². The van der Waals surface area contributed by atoms with Gasteiger partial charge in [-0.15, -0.1) is 0 Å². The van der Waals surface area contributed by atoms with E-state index in [9.17, 15) is 4.79 Å². The van der Waals surface area contributed by atoms with Gasteiger partial charge in [0.2, 0.25) is 0 Å². The number of hydrogen-bond acceptors (Lipinski definition) is 3. The second-order valence-electron chi connectivity index (χ2n) is 3.24. The van der Waals surface area contributed by atoms with Gasteiger partial charge in [0.05, 0.1) is 20.6 Å². The second-order valence-corrected chi connectivity index (χ2v) is 3.24. The van der Waals surface area contributed by atoms with E-state index in [1.807, 2.05) is 0 Å². The normalized spacial score (nSPS) is 9.62. The van der Waals surface area contributed by atoms with Crippen LogP contribution < -0.4 is 9.47 Å². The van der Waals surface area contributed by atoms with Crippen LogP contribution in [0.15, 0.2) is 24.8 Å². The molecule has 0 unspecified atom stereocenters. The molecule has 0 amide bonds. The van der Waals surface area contributed by atoms with Gasteiger partial charge in [0.1, 0.15) is 11.5 Å². The van der Waals surface area contributed by atoms with Gasteiger partial charge in [0.25, 0.3) is 0 Å². The Bertz CT molecular complexity index is 409. The molecule has 0 bridgehead atoms. The Morgan fingerprint density at radius 2 is 2.06 bits per heavy atom. The maximum atomic E-state index is 10.6. The number of rotatable bonds is 5. The van der Waals surface area contributed by atoms with E-state index < -0.39 is 5.97 Å². The number of benzene rings is 1. The molecule has 0 fully saturated rings. The topological polar surface area (TPSA) is 55.8 Å². The Hall–Kier alpha value is -1.97. The summed E-state index contributed by atoms with van der Waals surface area (Å²) in [5, 5.41) is 8.70. The molecule has 0 heterocycles. The summed E-state index contributed by atoms with van der Waals surface area (Å²) < 4.78 is 10.2. The molecule has 1 aromatic carbocycles. The van der Waals surface area contributed by atoms with Gasteiger partial charge in [-0.05, 0) is 23.8 Å². The van der Waals surface area contributed by atoms with E-state index in [0.717, 1.165) is 0 Å². The number of carbonyl (C=O) groups is 1. The van der Waals surface area contributed by atoms with Crippen LogP contribution in [0.25, 0.3) is 5.57 Å². The minimum atomic E-state index is -0.921. The van der Waals surface area contributed by atoms with Crippen LogP contribution in [-0.4, -0.2) is 25.3 Å². The zero-order chi connectivity index (χ0) is 12.1. The van der Waals surface area contributed by atoms with Crippen molar-refractivity contribution in [3.8, 4) is 11.5 Å². The van der Waals surface area contributed by atoms with Gasteiger partial charge in [0.15, 0.2) is 0 Å². The van der Waals surface area contributed by atoms with Crippen molar-refractivity contribution in [2.24, 2.45) is 0 Å². The summed E-state index contributed by atoms with van der Waals surface area (Å²) in [6, 6.07) is 5.18. The highest BCUT2D eigenvalue weighted by molar-refractivity contribution is 5.85. The molecule has 1 rings (SSSR count). The first-order valence-electron chi connectivity index (χ1n) is 4.70. The van der Waals surface area contributed by atoms with Gasteiger partial charge in [-0.2, -0.15) is 0 Å². The van der Waals surface area contributed by atoms with Crippen LogP contribution in [0.4, 0.5) is 0 Å². The lowest BCUT2D eigenvalue weighted by molar-refractivity contribution is -0.135. The summed E-state index contributed by atoms with van der Waals surface area (Å²) in [5.41, 5.74) is 1.15. The maximum Gasteiger partial charge on any atom is 0.307 e. The summed E-state index contributed by atoms with van der Waals surface area (Å²) in [5.74, 6) is 0.310. The summed E-state index contributed by atoms with van der Waals surface area (Å²) in [6.45, 7) is 3.73. The fourth-order valence-corrected chi connectivity index (χ4v) is 1.37. The van der Waals surface area contributed by atoms with Gasteiger partial charge in [-0.25, -0.2) is 0 Å². The third-order valence-electron chi connectivity index (χ3n) is 2.15. The van der Waals surface area contributed by atoms with Crippen molar-refractivity contribution < 1.29 is 19.4 Å². The highest BCUT2D eigenvalue weighted by atomic mass is 16.5. The average Bonchev–Trinajstić information content (AvgIpc) is 2.27. The van der Waals surface area contributed by atoms with E-state index in [0.29, 0.717) is 22.6 Å². The summed E-state index contributed by atoms with van der Waals surface area (Å²) in [7, 11) is 3.07. The number of carboxylic acids is 1. The van der Waals surface area contributed by atoms with Crippen molar-refractivity contribution in [2.75, 3.05) is 14.2 Å². The number of hydrogen-bond donors (Lipinski definition) is 1. The largest absolute Gasteiger partial charge is 0.497 e. The molecule has 0 aliphatic rings. The lowest BCUT2D eigenvalue weighted by atomic mass is 10.0. The van der Waals surface area contributed by atoms with E-state index >= 15 is 0 Å². The molecule has 16 heavy (non-hydrogen) atoms. The van der Waals surface area contributed by atoms with Crippen molar-refractivity contribution in [1.29, 1.82) is 0 Å². The Kier molecular flexibility index (Phi) is 3.94. The van der Waals surface area contributed by atoms with E-state index in [1.54, 1.807) is 25.3 Å². The third kappa shape index (κ3) is 2.76. The molecule has 0 aromatic heterocycles. The van der Waals surface area contributed by atoms with Crippen molar-refractivity contribution in [3.63, 3.8) is 0 Å². The van der Waals surface area contributed by atoms with Crippen LogP contribution in [0.1, 0.15) is 12.0 Å². The first-order chi connectivity index (χ1) is 7.58. The molecular formula is C12H14O4. The van der Waals surface area contributed by atoms with Gasteiger partial charge in [0, 0.05) is 5.56 Å². The molecule has 0 aliphatic carbocycles. The molecule has 0 spiro atoms. The van der Waals surface area contributed by atoms with E-state index in [4.69, 9.17) is 14.6 Å². The minimum Gasteiger partial charge on any atom is -0.497 e. The molecule has 86 valence electrons. The van der Waals surface area contributed by atoms with Crippen molar-refractivity contribution >= 4 is 11.5 Å². The summed E-state index contributed by atoms with van der Waals surface area (Å²) in [4.78, 5) is 10.6. The molecular weight excluding hydrogens is 208 g/mol. The van der Waals surface area contributed by atoms with E-state index in [2.05, 4.69) is 6.58 Å². The predicted molar refractivity (Wildman–Crippen MR) is 60.8 cm³/mol. The summed E-state index contributed by atoms with van der Waals surface area (Å²) >= 11 is 0. The SMILES string of the molecule is C=C(CC(=O)O)c1cc(OC)ccc1OC. The first kappa shape index (κ1) is 12.1. The number of ether oxygens (including phenoxy) is 2. The standard InChI is InChI=1S/C12H14O4/c1-8(6-12(13)14)10-7-9(15-2)4-5-11(10)16-3/h4-5,7H,1,6H2,2-3H3,(H,13,14). The van der Waals surface area contributed by atoms with Crippen LogP contribution in [0.2, 0.25) is 0 Å². The van der Waals surface area contributed by atoms with Crippen LogP contribution in [0, 0.1) is 0 Å². The van der Waals surface area contributed by atoms with Gasteiger partial charge in [-0.1, -0.05) is 6.58 Å². The highest BCUT2D eigenvalue weighted by Crippen LogP contribution is 2.30. The molecule has 0 radical (unpaired) electrons. The third-order valence-corrected chi connectivity index (χ3v) is 2.15. The van der Waals surface area contributed by atoms with Crippen LogP contribution in [0.3, 0.4) is 0 Å². The molecule has 4 heteroatoms. The summed E-state index contributed by atoms with van der Waals surface area (Å²) in [6.07, 6.45) is -0.122. The predicted octanol–water partition coefficient (Wildman–Crippen LogP) is 2.19. The zero-order valence-corrected chi connectivity index (χ0v) is 9.32. The molecule has 0 aliphatic heterocycles. The van der Waals surface area contributed by atoms with Crippen LogP contribution in [-0.2, 0) is 4.79 Å². The Balaban J connectivity index is 3.08. The van der Waals surface area contributed by atoms with Crippen molar-refractivity contribution in [3.05, 3.63) is 30.3 Å². The fraction of sp³-hybridized carbons (Fsp3) is 0.250. The molecule has 4 nitrogen and oxygen atoms in total. The van der Waals surface area contributed by atoms with Crippen LogP contribution in [0.5, 0.6) is 11.5 Å². The molecule has 1 N–H and O–H groups in total. The first-order valence-corrected chi connectivity index (χ1v) is 4.70. The maximum absolute atomic E-state index is 10.6. The van der Waals surface area contributed by atoms with Gasteiger partial charge >= 0.3 is 5.97 Å². The number of carboxylic acid groups (broad SMARTS) is 1. The minimum absolute atomic E-state index is 0.122. The Morgan fingerprint density at radius 1 is 1.38 bits per heavy atom. The van der Waals surface area contributed by atoms with Crippen molar-refractivity contribution in [2.45, 2.75) is 6.42 Å². The van der Waals surface area contributed by atoms with E-state index in [1.165, 1.54) is 7.11 Å². The molecule has 0 saturated heterocycles. The number of methoxy groups -OCH3 is 2. The Labute approximate surface area is 94.1 Å². The number of aliphatic carboxylic acids is 1. The lowest BCUT2D eigenvalue weighted by Crippen LogP contribution is -1.98. The molecule has 1 aromatic rings. The fourth-order valence-electron chi connectivity index (χ4n) is 1.37. The second kappa shape index (κ2) is 5.21. The zero-order valence-electron chi connectivity index (χ0n) is 9.32. The average molecular weight is 222 g/mol. The molecule has 0 atom stereocenters. The van der Waals surface area contributed by atoms with Gasteiger partial charge < -0.3 is 14.6 Å². The lowest BCUT2D eigenvalue weighted by Gasteiger charge is -2.11. The highest BCUT2D eigenvalue weighted by Gasteiger charge is 2.11. The van der Waals surface area contributed by atoms with E-state index in [-0.39, 0.29) is 6.42 Å². The quantitative estimate of drug-likeness (QED) is 0.829. The smallest absolute Gasteiger partial charge is 0.307 e. The monoisotopic (exact) mass is 222 g/mol. The van der Waals surface area contributed by atoms with Crippen LogP contribution >= 0.6 is 0 Å². The molecule has 0 saturated carbocycles.